The number of likely N-dealkylation sites (N-methyl/N-ethyl adjacent to an activating group) is 1. The van der Waals surface area contributed by atoms with Crippen LogP contribution < -0.4 is 5.32 Å². The number of amides is 2. The third-order valence-electron chi connectivity index (χ3n) is 6.29. The maximum Gasteiger partial charge on any atom is 0.243 e. The lowest BCUT2D eigenvalue weighted by Gasteiger charge is -2.41. The Bertz CT molecular complexity index is 668. The molecule has 2 fully saturated rings. The molecule has 0 bridgehead atoms. The maximum absolute atomic E-state index is 12.6. The van der Waals surface area contributed by atoms with Gasteiger partial charge in [0.1, 0.15) is 0 Å². The second-order valence-electron chi connectivity index (χ2n) is 8.39. The van der Waals surface area contributed by atoms with Crippen molar-refractivity contribution in [2.24, 2.45) is 11.8 Å². The molecule has 1 aromatic rings. The summed E-state index contributed by atoms with van der Waals surface area (Å²) in [5, 5.41) is 2.96. The standard InChI is InChI=1S/C22H33N3O2/c1-16-7-6-8-17(2)22(16)23-20(26)14-24(3)21(27)15-25-12-11-18-9-4-5-10-19(18)13-25/h6-8,18-19H,4-5,9-15H2,1-3H3,(H,23,26)/t18-,19+/m0/s1. The second-order valence-corrected chi connectivity index (χ2v) is 8.39. The van der Waals surface area contributed by atoms with E-state index in [4.69, 9.17) is 0 Å². The molecule has 1 N–H and O–H groups in total. The molecule has 5 heteroatoms. The van der Waals surface area contributed by atoms with Gasteiger partial charge in [-0.15, -0.1) is 0 Å². The zero-order valence-electron chi connectivity index (χ0n) is 17.0. The summed E-state index contributed by atoms with van der Waals surface area (Å²) < 4.78 is 0. The van der Waals surface area contributed by atoms with Crippen molar-refractivity contribution in [3.8, 4) is 0 Å². The van der Waals surface area contributed by atoms with Crippen LogP contribution in [-0.2, 0) is 9.59 Å². The molecule has 3 rings (SSSR count). The predicted octanol–water partition coefficient (Wildman–Crippen LogP) is 3.21. The molecule has 27 heavy (non-hydrogen) atoms. The first kappa shape index (κ1) is 19.9. The van der Waals surface area contributed by atoms with E-state index in [9.17, 15) is 9.59 Å². The van der Waals surface area contributed by atoms with Crippen molar-refractivity contribution < 1.29 is 9.59 Å². The van der Waals surface area contributed by atoms with Crippen molar-refractivity contribution >= 4 is 17.5 Å². The smallest absolute Gasteiger partial charge is 0.243 e. The van der Waals surface area contributed by atoms with Crippen molar-refractivity contribution in [1.82, 2.24) is 9.80 Å². The van der Waals surface area contributed by atoms with E-state index in [2.05, 4.69) is 10.2 Å². The molecule has 2 aliphatic rings. The topological polar surface area (TPSA) is 52.7 Å². The minimum atomic E-state index is -0.144. The molecular weight excluding hydrogens is 338 g/mol. The highest BCUT2D eigenvalue weighted by molar-refractivity contribution is 5.95. The minimum absolute atomic E-state index is 0.0286. The molecule has 1 aromatic carbocycles. The number of nitrogens with one attached hydrogen (secondary N) is 1. The number of para-hydroxylation sites is 1. The first-order valence-corrected chi connectivity index (χ1v) is 10.3. The van der Waals surface area contributed by atoms with Crippen molar-refractivity contribution in [3.63, 3.8) is 0 Å². The minimum Gasteiger partial charge on any atom is -0.335 e. The number of likely N-dealkylation sites (tertiary alicyclic amines) is 1. The molecule has 0 aromatic heterocycles. The average molecular weight is 372 g/mol. The van der Waals surface area contributed by atoms with Gasteiger partial charge in [-0.1, -0.05) is 37.5 Å². The number of fused-ring (bicyclic) bond motifs is 1. The highest BCUT2D eigenvalue weighted by atomic mass is 16.2. The normalized spacial score (nSPS) is 22.8. The van der Waals surface area contributed by atoms with E-state index in [1.165, 1.54) is 32.1 Å². The molecular formula is C22H33N3O2. The van der Waals surface area contributed by atoms with E-state index in [-0.39, 0.29) is 18.4 Å². The van der Waals surface area contributed by atoms with Crippen molar-refractivity contribution in [2.75, 3.05) is 38.5 Å². The number of rotatable bonds is 5. The summed E-state index contributed by atoms with van der Waals surface area (Å²) in [7, 11) is 1.72. The fourth-order valence-corrected chi connectivity index (χ4v) is 4.63. The van der Waals surface area contributed by atoms with E-state index in [0.29, 0.717) is 6.54 Å². The van der Waals surface area contributed by atoms with Gasteiger partial charge >= 0.3 is 0 Å². The van der Waals surface area contributed by atoms with Crippen LogP contribution in [-0.4, -0.2) is 54.8 Å². The summed E-state index contributed by atoms with van der Waals surface area (Å²) in [5.74, 6) is 1.51. The van der Waals surface area contributed by atoms with Crippen LogP contribution in [0.15, 0.2) is 18.2 Å². The Balaban J connectivity index is 1.48. The van der Waals surface area contributed by atoms with Gasteiger partial charge in [0.2, 0.25) is 11.8 Å². The van der Waals surface area contributed by atoms with E-state index in [1.54, 1.807) is 11.9 Å². The predicted molar refractivity (Wildman–Crippen MR) is 109 cm³/mol. The number of benzene rings is 1. The average Bonchev–Trinajstić information content (AvgIpc) is 2.64. The van der Waals surface area contributed by atoms with Crippen LogP contribution in [0.1, 0.15) is 43.2 Å². The molecule has 0 unspecified atom stereocenters. The van der Waals surface area contributed by atoms with Crippen LogP contribution in [0.3, 0.4) is 0 Å². The van der Waals surface area contributed by atoms with Gasteiger partial charge in [0.15, 0.2) is 0 Å². The number of hydrogen-bond acceptors (Lipinski definition) is 3. The summed E-state index contributed by atoms with van der Waals surface area (Å²) in [6.07, 6.45) is 6.60. The van der Waals surface area contributed by atoms with Crippen molar-refractivity contribution in [3.05, 3.63) is 29.3 Å². The first-order chi connectivity index (χ1) is 12.9. The summed E-state index contributed by atoms with van der Waals surface area (Å²) in [6, 6.07) is 5.93. The maximum atomic E-state index is 12.6. The van der Waals surface area contributed by atoms with Crippen LogP contribution in [0.25, 0.3) is 0 Å². The zero-order valence-corrected chi connectivity index (χ0v) is 17.0. The van der Waals surface area contributed by atoms with E-state index >= 15 is 0 Å². The summed E-state index contributed by atoms with van der Waals surface area (Å²) in [5.41, 5.74) is 2.92. The van der Waals surface area contributed by atoms with Crippen LogP contribution in [0.4, 0.5) is 5.69 Å². The lowest BCUT2D eigenvalue weighted by Crippen LogP contribution is -2.47. The van der Waals surface area contributed by atoms with Gasteiger partial charge < -0.3 is 10.2 Å². The number of nitrogens with zero attached hydrogens (tertiary/aromatic N) is 2. The number of anilines is 1. The molecule has 2 atom stereocenters. The Morgan fingerprint density at radius 3 is 2.48 bits per heavy atom. The van der Waals surface area contributed by atoms with Crippen LogP contribution in [0.2, 0.25) is 0 Å². The molecule has 148 valence electrons. The van der Waals surface area contributed by atoms with Gasteiger partial charge in [0, 0.05) is 19.3 Å². The third-order valence-corrected chi connectivity index (χ3v) is 6.29. The van der Waals surface area contributed by atoms with Crippen molar-refractivity contribution in [2.45, 2.75) is 46.0 Å². The molecule has 0 radical (unpaired) electrons. The van der Waals surface area contributed by atoms with Gasteiger partial charge in [0.05, 0.1) is 13.1 Å². The molecule has 1 aliphatic carbocycles. The number of hydrogen-bond donors (Lipinski definition) is 1. The molecule has 1 saturated heterocycles. The highest BCUT2D eigenvalue weighted by Crippen LogP contribution is 2.35. The Morgan fingerprint density at radius 2 is 1.78 bits per heavy atom. The summed E-state index contributed by atoms with van der Waals surface area (Å²) in [4.78, 5) is 28.8. The molecule has 1 aliphatic heterocycles. The van der Waals surface area contributed by atoms with E-state index in [1.807, 2.05) is 32.0 Å². The van der Waals surface area contributed by atoms with Crippen LogP contribution in [0, 0.1) is 25.7 Å². The fraction of sp³-hybridized carbons (Fsp3) is 0.636. The number of carbonyl (C=O) groups excluding carboxylic acids is 2. The van der Waals surface area contributed by atoms with Crippen LogP contribution in [0.5, 0.6) is 0 Å². The highest BCUT2D eigenvalue weighted by Gasteiger charge is 2.32. The van der Waals surface area contributed by atoms with Crippen molar-refractivity contribution in [1.29, 1.82) is 0 Å². The number of piperidine rings is 1. The molecule has 1 saturated carbocycles. The SMILES string of the molecule is Cc1cccc(C)c1NC(=O)CN(C)C(=O)CN1CC[C@@H]2CCCC[C@@H]2C1. The summed E-state index contributed by atoms with van der Waals surface area (Å²) >= 11 is 0. The fourth-order valence-electron chi connectivity index (χ4n) is 4.63. The summed E-state index contributed by atoms with van der Waals surface area (Å²) in [6.45, 7) is 6.52. The number of aryl methyl sites for hydroxylation is 2. The van der Waals surface area contributed by atoms with Gasteiger partial charge in [-0.3, -0.25) is 14.5 Å². The van der Waals surface area contributed by atoms with Crippen LogP contribution >= 0.6 is 0 Å². The Hall–Kier alpha value is -1.88. The first-order valence-electron chi connectivity index (χ1n) is 10.3. The number of carbonyl (C=O) groups is 2. The lowest BCUT2D eigenvalue weighted by molar-refractivity contribution is -0.135. The Labute approximate surface area is 163 Å². The van der Waals surface area contributed by atoms with E-state index < -0.39 is 0 Å². The van der Waals surface area contributed by atoms with Gasteiger partial charge in [-0.05, 0) is 56.2 Å². The Morgan fingerprint density at radius 1 is 1.11 bits per heavy atom. The second kappa shape index (κ2) is 8.87. The third kappa shape index (κ3) is 5.10. The van der Waals surface area contributed by atoms with Gasteiger partial charge in [0.25, 0.3) is 0 Å². The largest absolute Gasteiger partial charge is 0.335 e. The van der Waals surface area contributed by atoms with E-state index in [0.717, 1.165) is 41.7 Å². The molecule has 0 spiro atoms. The molecule has 5 nitrogen and oxygen atoms in total. The van der Waals surface area contributed by atoms with Gasteiger partial charge in [-0.25, -0.2) is 0 Å². The monoisotopic (exact) mass is 371 g/mol. The molecule has 1 heterocycles. The Kier molecular flexibility index (Phi) is 6.53. The molecule has 2 amide bonds. The zero-order chi connectivity index (χ0) is 19.4. The quantitative estimate of drug-likeness (QED) is 0.865. The van der Waals surface area contributed by atoms with Gasteiger partial charge in [-0.2, -0.15) is 0 Å². The lowest BCUT2D eigenvalue weighted by atomic mass is 9.75.